The standard InChI is InChI=1S/C9H13N3O3/c1-14-6-5-10-8-4-3-7(11-12-8)9(13)15-2/h3-4H,5-6H2,1-2H3,(H,10,12). The summed E-state index contributed by atoms with van der Waals surface area (Å²) in [5.41, 5.74) is 0.190. The quantitative estimate of drug-likeness (QED) is 0.558. The monoisotopic (exact) mass is 211 g/mol. The number of methoxy groups -OCH3 is 2. The Bertz CT molecular complexity index is 313. The molecular weight excluding hydrogens is 198 g/mol. The molecule has 6 nitrogen and oxygen atoms in total. The lowest BCUT2D eigenvalue weighted by atomic mass is 10.4. The van der Waals surface area contributed by atoms with Gasteiger partial charge in [0.15, 0.2) is 5.69 Å². The lowest BCUT2D eigenvalue weighted by Gasteiger charge is -2.03. The second kappa shape index (κ2) is 5.92. The van der Waals surface area contributed by atoms with Gasteiger partial charge in [-0.15, -0.1) is 10.2 Å². The van der Waals surface area contributed by atoms with Crippen LogP contribution in [0.4, 0.5) is 5.82 Å². The van der Waals surface area contributed by atoms with Crippen molar-refractivity contribution >= 4 is 11.8 Å². The predicted molar refractivity (Wildman–Crippen MR) is 53.7 cm³/mol. The van der Waals surface area contributed by atoms with E-state index in [1.165, 1.54) is 7.11 Å². The second-order valence-electron chi connectivity index (χ2n) is 2.71. The van der Waals surface area contributed by atoms with E-state index in [1.807, 2.05) is 0 Å². The van der Waals surface area contributed by atoms with Crippen LogP contribution in [-0.2, 0) is 9.47 Å². The Hall–Kier alpha value is -1.69. The van der Waals surface area contributed by atoms with Crippen LogP contribution in [-0.4, -0.2) is 43.5 Å². The van der Waals surface area contributed by atoms with E-state index in [2.05, 4.69) is 20.3 Å². The summed E-state index contributed by atoms with van der Waals surface area (Å²) >= 11 is 0. The fraction of sp³-hybridized carbons (Fsp3) is 0.444. The van der Waals surface area contributed by atoms with Gasteiger partial charge in [-0.2, -0.15) is 0 Å². The molecule has 0 atom stereocenters. The van der Waals surface area contributed by atoms with Crippen LogP contribution < -0.4 is 5.32 Å². The van der Waals surface area contributed by atoms with Gasteiger partial charge in [0, 0.05) is 13.7 Å². The highest BCUT2D eigenvalue weighted by Gasteiger charge is 2.06. The third-order valence-electron chi connectivity index (χ3n) is 1.67. The smallest absolute Gasteiger partial charge is 0.358 e. The Balaban J connectivity index is 2.52. The third kappa shape index (κ3) is 3.51. The summed E-state index contributed by atoms with van der Waals surface area (Å²) < 4.78 is 9.35. The van der Waals surface area contributed by atoms with Gasteiger partial charge in [-0.25, -0.2) is 4.79 Å². The summed E-state index contributed by atoms with van der Waals surface area (Å²) in [6, 6.07) is 3.21. The third-order valence-corrected chi connectivity index (χ3v) is 1.67. The Kier molecular flexibility index (Phi) is 4.49. The van der Waals surface area contributed by atoms with Crippen LogP contribution in [0.25, 0.3) is 0 Å². The topological polar surface area (TPSA) is 73.3 Å². The molecule has 0 aliphatic heterocycles. The first-order chi connectivity index (χ1) is 7.27. The Labute approximate surface area is 87.6 Å². The van der Waals surface area contributed by atoms with E-state index in [9.17, 15) is 4.79 Å². The molecule has 0 spiro atoms. The highest BCUT2D eigenvalue weighted by Crippen LogP contribution is 2.02. The van der Waals surface area contributed by atoms with Crippen molar-refractivity contribution in [3.8, 4) is 0 Å². The maximum atomic E-state index is 11.0. The molecule has 0 bridgehead atoms. The van der Waals surface area contributed by atoms with Gasteiger partial charge in [0.1, 0.15) is 5.82 Å². The lowest BCUT2D eigenvalue weighted by Crippen LogP contribution is -2.11. The number of esters is 1. The Morgan fingerprint density at radius 3 is 2.73 bits per heavy atom. The minimum atomic E-state index is -0.494. The van der Waals surface area contributed by atoms with E-state index < -0.39 is 5.97 Å². The van der Waals surface area contributed by atoms with Crippen LogP contribution in [0.15, 0.2) is 12.1 Å². The number of aromatic nitrogens is 2. The fourth-order valence-electron chi connectivity index (χ4n) is 0.921. The number of carbonyl (C=O) groups excluding carboxylic acids is 1. The normalized spacial score (nSPS) is 9.73. The van der Waals surface area contributed by atoms with Crippen molar-refractivity contribution in [2.24, 2.45) is 0 Å². The molecule has 0 aliphatic carbocycles. The molecule has 6 heteroatoms. The molecule has 1 aromatic rings. The van der Waals surface area contributed by atoms with Gasteiger partial charge < -0.3 is 14.8 Å². The molecule has 1 rings (SSSR count). The summed E-state index contributed by atoms with van der Waals surface area (Å²) in [5, 5.41) is 10.5. The van der Waals surface area contributed by atoms with Crippen LogP contribution in [0.2, 0.25) is 0 Å². The summed E-state index contributed by atoms with van der Waals surface area (Å²) in [6.45, 7) is 1.23. The fourth-order valence-corrected chi connectivity index (χ4v) is 0.921. The maximum Gasteiger partial charge on any atom is 0.358 e. The zero-order valence-corrected chi connectivity index (χ0v) is 8.69. The van der Waals surface area contributed by atoms with Crippen LogP contribution >= 0.6 is 0 Å². The van der Waals surface area contributed by atoms with Gasteiger partial charge in [-0.1, -0.05) is 0 Å². The summed E-state index contributed by atoms with van der Waals surface area (Å²) in [7, 11) is 2.92. The minimum Gasteiger partial charge on any atom is -0.464 e. The summed E-state index contributed by atoms with van der Waals surface area (Å²) in [4.78, 5) is 11.0. The van der Waals surface area contributed by atoms with E-state index in [4.69, 9.17) is 4.74 Å². The number of nitrogens with one attached hydrogen (secondary N) is 1. The van der Waals surface area contributed by atoms with Crippen molar-refractivity contribution in [3.63, 3.8) is 0 Å². The van der Waals surface area contributed by atoms with Crippen molar-refractivity contribution in [2.75, 3.05) is 32.7 Å². The van der Waals surface area contributed by atoms with Crippen molar-refractivity contribution < 1.29 is 14.3 Å². The number of hydrogen-bond acceptors (Lipinski definition) is 6. The zero-order chi connectivity index (χ0) is 11.1. The molecule has 0 aliphatic rings. The van der Waals surface area contributed by atoms with Gasteiger partial charge in [0.25, 0.3) is 0 Å². The van der Waals surface area contributed by atoms with Crippen LogP contribution in [0.3, 0.4) is 0 Å². The maximum absolute atomic E-state index is 11.0. The number of anilines is 1. The van der Waals surface area contributed by atoms with E-state index in [-0.39, 0.29) is 5.69 Å². The highest BCUT2D eigenvalue weighted by molar-refractivity contribution is 5.86. The molecule has 15 heavy (non-hydrogen) atoms. The van der Waals surface area contributed by atoms with E-state index in [1.54, 1.807) is 19.2 Å². The van der Waals surface area contributed by atoms with Gasteiger partial charge in [0.05, 0.1) is 13.7 Å². The van der Waals surface area contributed by atoms with Crippen molar-refractivity contribution in [2.45, 2.75) is 0 Å². The van der Waals surface area contributed by atoms with Gasteiger partial charge in [-0.05, 0) is 12.1 Å². The van der Waals surface area contributed by atoms with Gasteiger partial charge >= 0.3 is 5.97 Å². The van der Waals surface area contributed by atoms with Crippen molar-refractivity contribution in [1.29, 1.82) is 0 Å². The first-order valence-corrected chi connectivity index (χ1v) is 4.42. The zero-order valence-electron chi connectivity index (χ0n) is 8.69. The molecule has 82 valence electrons. The average Bonchev–Trinajstić information content (AvgIpc) is 2.29. The van der Waals surface area contributed by atoms with Gasteiger partial charge in [-0.3, -0.25) is 0 Å². The van der Waals surface area contributed by atoms with Crippen molar-refractivity contribution in [3.05, 3.63) is 17.8 Å². The number of nitrogens with zero attached hydrogens (tertiary/aromatic N) is 2. The molecule has 1 heterocycles. The highest BCUT2D eigenvalue weighted by atomic mass is 16.5. The largest absolute Gasteiger partial charge is 0.464 e. The number of carbonyl (C=O) groups is 1. The molecule has 0 amide bonds. The number of hydrogen-bond donors (Lipinski definition) is 1. The Morgan fingerprint density at radius 2 is 2.20 bits per heavy atom. The molecule has 0 unspecified atom stereocenters. The molecular formula is C9H13N3O3. The van der Waals surface area contributed by atoms with Crippen LogP contribution in [0.5, 0.6) is 0 Å². The summed E-state index contributed by atoms with van der Waals surface area (Å²) in [6.07, 6.45) is 0. The molecule has 0 saturated carbocycles. The molecule has 1 N–H and O–H groups in total. The molecule has 0 aromatic carbocycles. The minimum absolute atomic E-state index is 0.190. The average molecular weight is 211 g/mol. The summed E-state index contributed by atoms with van der Waals surface area (Å²) in [5.74, 6) is 0.102. The number of rotatable bonds is 5. The van der Waals surface area contributed by atoms with E-state index in [0.29, 0.717) is 19.0 Å². The van der Waals surface area contributed by atoms with Crippen LogP contribution in [0, 0.1) is 0 Å². The SMILES string of the molecule is COCCNc1ccc(C(=O)OC)nn1. The van der Waals surface area contributed by atoms with E-state index >= 15 is 0 Å². The van der Waals surface area contributed by atoms with Crippen molar-refractivity contribution in [1.82, 2.24) is 10.2 Å². The molecule has 1 aromatic heterocycles. The second-order valence-corrected chi connectivity index (χ2v) is 2.71. The predicted octanol–water partition coefficient (Wildman–Crippen LogP) is 0.321. The number of ether oxygens (including phenoxy) is 2. The molecule has 0 fully saturated rings. The molecule has 0 radical (unpaired) electrons. The lowest BCUT2D eigenvalue weighted by molar-refractivity contribution is 0.0593. The first-order valence-electron chi connectivity index (χ1n) is 4.42. The van der Waals surface area contributed by atoms with E-state index in [0.717, 1.165) is 0 Å². The Morgan fingerprint density at radius 1 is 1.40 bits per heavy atom. The molecule has 0 saturated heterocycles. The van der Waals surface area contributed by atoms with Gasteiger partial charge in [0.2, 0.25) is 0 Å². The van der Waals surface area contributed by atoms with Crippen LogP contribution in [0.1, 0.15) is 10.5 Å². The first kappa shape index (κ1) is 11.4.